The first-order chi connectivity index (χ1) is 7.29. The summed E-state index contributed by atoms with van der Waals surface area (Å²) in [5.41, 5.74) is 0. The zero-order valence-corrected chi connectivity index (χ0v) is 9.20. The Balaban J connectivity index is 1.82. The van der Waals surface area contributed by atoms with Crippen molar-refractivity contribution in [3.63, 3.8) is 0 Å². The highest BCUT2D eigenvalue weighted by molar-refractivity contribution is 5.06. The Hall–Kier alpha value is -0.800. The lowest BCUT2D eigenvalue weighted by Gasteiger charge is -2.16. The van der Waals surface area contributed by atoms with Gasteiger partial charge in [-0.15, -0.1) is 0 Å². The molecule has 0 spiro atoms. The Morgan fingerprint density at radius 3 is 2.80 bits per heavy atom. The molecule has 2 N–H and O–H groups in total. The maximum atomic E-state index is 8.86. The molecule has 1 aliphatic rings. The third-order valence-corrected chi connectivity index (χ3v) is 3.27. The molecular weight excluding hydrogens is 190 g/mol. The van der Waals surface area contributed by atoms with Gasteiger partial charge in [-0.2, -0.15) is 0 Å². The third-order valence-electron chi connectivity index (χ3n) is 3.27. The monoisotopic (exact) mass is 209 g/mol. The number of rotatable bonds is 4. The molecule has 3 nitrogen and oxygen atoms in total. The molecular formula is C12H19NO2. The lowest BCUT2D eigenvalue weighted by atomic mass is 10.1. The molecule has 2 rings (SSSR count). The minimum atomic E-state index is -0.0141. The molecule has 1 aromatic rings. The van der Waals surface area contributed by atoms with Gasteiger partial charge in [-0.25, -0.2) is 0 Å². The van der Waals surface area contributed by atoms with Crippen LogP contribution in [0.3, 0.4) is 0 Å². The predicted octanol–water partition coefficient (Wildman–Crippen LogP) is 2.05. The second-order valence-corrected chi connectivity index (χ2v) is 4.42. The summed E-state index contributed by atoms with van der Waals surface area (Å²) in [5, 5.41) is 12.4. The van der Waals surface area contributed by atoms with Crippen molar-refractivity contribution in [2.45, 2.75) is 45.4 Å². The molecule has 0 amide bonds. The number of nitrogens with one attached hydrogen (secondary N) is 1. The van der Waals surface area contributed by atoms with Gasteiger partial charge in [0, 0.05) is 6.04 Å². The first-order valence-corrected chi connectivity index (χ1v) is 5.71. The summed E-state index contributed by atoms with van der Waals surface area (Å²) in [6.45, 7) is 3.06. The molecule has 0 saturated heterocycles. The summed E-state index contributed by atoms with van der Waals surface area (Å²) in [6, 6.07) is 4.39. The first kappa shape index (κ1) is 10.7. The van der Waals surface area contributed by atoms with E-state index >= 15 is 0 Å². The molecule has 0 bridgehead atoms. The lowest BCUT2D eigenvalue weighted by molar-refractivity contribution is 0.242. The Labute approximate surface area is 90.5 Å². The summed E-state index contributed by atoms with van der Waals surface area (Å²) in [7, 11) is 0. The average molecular weight is 209 g/mol. The van der Waals surface area contributed by atoms with E-state index in [-0.39, 0.29) is 6.61 Å². The van der Waals surface area contributed by atoms with Crippen LogP contribution in [0.15, 0.2) is 16.5 Å². The van der Waals surface area contributed by atoms with Crippen molar-refractivity contribution in [3.8, 4) is 0 Å². The van der Waals surface area contributed by atoms with Gasteiger partial charge in [0.15, 0.2) is 0 Å². The SMILES string of the molecule is CC1CCCC1NCc1ccc(CO)o1. The van der Waals surface area contributed by atoms with E-state index in [1.807, 2.05) is 12.1 Å². The molecule has 1 aliphatic carbocycles. The van der Waals surface area contributed by atoms with Crippen LogP contribution in [0, 0.1) is 5.92 Å². The molecule has 0 aromatic carbocycles. The number of hydrogen-bond acceptors (Lipinski definition) is 3. The Kier molecular flexibility index (Phi) is 3.44. The summed E-state index contributed by atoms with van der Waals surface area (Å²) < 4.78 is 5.42. The fraction of sp³-hybridized carbons (Fsp3) is 0.667. The van der Waals surface area contributed by atoms with Crippen LogP contribution in [0.1, 0.15) is 37.7 Å². The Morgan fingerprint density at radius 2 is 2.20 bits per heavy atom. The van der Waals surface area contributed by atoms with Gasteiger partial charge in [0.05, 0.1) is 6.54 Å². The zero-order valence-electron chi connectivity index (χ0n) is 9.20. The summed E-state index contributed by atoms with van der Waals surface area (Å²) >= 11 is 0. The number of aliphatic hydroxyl groups excluding tert-OH is 1. The molecule has 84 valence electrons. The largest absolute Gasteiger partial charge is 0.462 e. The van der Waals surface area contributed by atoms with Gasteiger partial charge in [-0.3, -0.25) is 0 Å². The summed E-state index contributed by atoms with van der Waals surface area (Å²) in [5.74, 6) is 2.33. The fourth-order valence-electron chi connectivity index (χ4n) is 2.28. The molecule has 3 heteroatoms. The van der Waals surface area contributed by atoms with E-state index in [9.17, 15) is 0 Å². The zero-order chi connectivity index (χ0) is 10.7. The van der Waals surface area contributed by atoms with Crippen molar-refractivity contribution >= 4 is 0 Å². The van der Waals surface area contributed by atoms with Crippen LogP contribution >= 0.6 is 0 Å². The van der Waals surface area contributed by atoms with E-state index < -0.39 is 0 Å². The highest BCUT2D eigenvalue weighted by Gasteiger charge is 2.22. The van der Waals surface area contributed by atoms with Crippen LogP contribution < -0.4 is 5.32 Å². The Morgan fingerprint density at radius 1 is 1.40 bits per heavy atom. The van der Waals surface area contributed by atoms with E-state index in [4.69, 9.17) is 9.52 Å². The number of hydrogen-bond donors (Lipinski definition) is 2. The molecule has 1 fully saturated rings. The van der Waals surface area contributed by atoms with Crippen LogP contribution in [0.4, 0.5) is 0 Å². The van der Waals surface area contributed by atoms with Crippen LogP contribution in [0.2, 0.25) is 0 Å². The van der Waals surface area contributed by atoms with Crippen molar-refractivity contribution in [2.24, 2.45) is 5.92 Å². The highest BCUT2D eigenvalue weighted by Crippen LogP contribution is 2.25. The molecule has 0 aliphatic heterocycles. The highest BCUT2D eigenvalue weighted by atomic mass is 16.4. The summed E-state index contributed by atoms with van der Waals surface area (Å²) in [6.07, 6.45) is 3.94. The topological polar surface area (TPSA) is 45.4 Å². The van der Waals surface area contributed by atoms with Gasteiger partial charge in [0.25, 0.3) is 0 Å². The summed E-state index contributed by atoms with van der Waals surface area (Å²) in [4.78, 5) is 0. The number of furan rings is 1. The predicted molar refractivity (Wildman–Crippen MR) is 58.3 cm³/mol. The normalized spacial score (nSPS) is 26.0. The fourth-order valence-corrected chi connectivity index (χ4v) is 2.28. The van der Waals surface area contributed by atoms with E-state index in [0.29, 0.717) is 11.8 Å². The average Bonchev–Trinajstić information content (AvgIpc) is 2.84. The smallest absolute Gasteiger partial charge is 0.129 e. The standard InChI is InChI=1S/C12H19NO2/c1-9-3-2-4-12(9)13-7-10-5-6-11(8-14)15-10/h5-6,9,12-14H,2-4,7-8H2,1H3. The second-order valence-electron chi connectivity index (χ2n) is 4.42. The van der Waals surface area contributed by atoms with Crippen molar-refractivity contribution in [1.29, 1.82) is 0 Å². The van der Waals surface area contributed by atoms with Crippen molar-refractivity contribution < 1.29 is 9.52 Å². The maximum Gasteiger partial charge on any atom is 0.129 e. The molecule has 2 atom stereocenters. The third kappa shape index (κ3) is 2.61. The molecule has 2 unspecified atom stereocenters. The Bertz CT molecular complexity index is 308. The number of aliphatic hydroxyl groups is 1. The lowest BCUT2D eigenvalue weighted by Crippen LogP contribution is -2.30. The van der Waals surface area contributed by atoms with Gasteiger partial charge in [0.2, 0.25) is 0 Å². The van der Waals surface area contributed by atoms with Crippen molar-refractivity contribution in [1.82, 2.24) is 5.32 Å². The maximum absolute atomic E-state index is 8.86. The van der Waals surface area contributed by atoms with Crippen molar-refractivity contribution in [2.75, 3.05) is 0 Å². The molecule has 1 aromatic heterocycles. The second kappa shape index (κ2) is 4.81. The molecule has 1 heterocycles. The van der Waals surface area contributed by atoms with Gasteiger partial charge >= 0.3 is 0 Å². The van der Waals surface area contributed by atoms with Crippen LogP contribution in [0.5, 0.6) is 0 Å². The molecule has 1 saturated carbocycles. The van der Waals surface area contributed by atoms with E-state index in [2.05, 4.69) is 12.2 Å². The van der Waals surface area contributed by atoms with Crippen LogP contribution in [-0.2, 0) is 13.2 Å². The molecule has 0 radical (unpaired) electrons. The van der Waals surface area contributed by atoms with Gasteiger partial charge in [0.1, 0.15) is 18.1 Å². The van der Waals surface area contributed by atoms with Crippen LogP contribution in [-0.4, -0.2) is 11.1 Å². The van der Waals surface area contributed by atoms with Crippen LogP contribution in [0.25, 0.3) is 0 Å². The van der Waals surface area contributed by atoms with E-state index in [0.717, 1.165) is 18.2 Å². The van der Waals surface area contributed by atoms with E-state index in [1.165, 1.54) is 19.3 Å². The van der Waals surface area contributed by atoms with Gasteiger partial charge in [-0.1, -0.05) is 13.3 Å². The van der Waals surface area contributed by atoms with Gasteiger partial charge < -0.3 is 14.8 Å². The quantitative estimate of drug-likeness (QED) is 0.797. The first-order valence-electron chi connectivity index (χ1n) is 5.71. The molecule has 15 heavy (non-hydrogen) atoms. The van der Waals surface area contributed by atoms with E-state index in [1.54, 1.807) is 0 Å². The van der Waals surface area contributed by atoms with Crippen molar-refractivity contribution in [3.05, 3.63) is 23.7 Å². The minimum absolute atomic E-state index is 0.0141. The minimum Gasteiger partial charge on any atom is -0.462 e. The van der Waals surface area contributed by atoms with Gasteiger partial charge in [-0.05, 0) is 30.9 Å².